The van der Waals surface area contributed by atoms with Crippen LogP contribution in [-0.4, -0.2) is 7.05 Å². The largest absolute Gasteiger partial charge is 0.312 e. The fourth-order valence-corrected chi connectivity index (χ4v) is 3.52. The molecule has 1 aromatic carbocycles. The summed E-state index contributed by atoms with van der Waals surface area (Å²) in [6.07, 6.45) is 0.970. The third-order valence-electron chi connectivity index (χ3n) is 3.11. The van der Waals surface area contributed by atoms with Crippen LogP contribution >= 0.6 is 22.9 Å². The van der Waals surface area contributed by atoms with Crippen molar-refractivity contribution in [3.8, 4) is 0 Å². The minimum absolute atomic E-state index is 0.290. The number of hydrogen-bond acceptors (Lipinski definition) is 2. The lowest BCUT2D eigenvalue weighted by Crippen LogP contribution is -2.18. The molecule has 1 nitrogen and oxygen atoms in total. The van der Waals surface area contributed by atoms with Crippen molar-refractivity contribution in [1.82, 2.24) is 5.32 Å². The molecule has 0 amide bonds. The second-order valence-corrected chi connectivity index (χ2v) is 5.92. The summed E-state index contributed by atoms with van der Waals surface area (Å²) in [5.41, 5.74) is 3.81. The lowest BCUT2D eigenvalue weighted by molar-refractivity contribution is 0.602. The number of hydrogen-bond donors (Lipinski definition) is 1. The van der Waals surface area contributed by atoms with Gasteiger partial charge in [0.2, 0.25) is 0 Å². The fourth-order valence-electron chi connectivity index (χ4n) is 2.09. The molecule has 2 aromatic rings. The molecule has 18 heavy (non-hydrogen) atoms. The van der Waals surface area contributed by atoms with Crippen LogP contribution in [0.5, 0.6) is 0 Å². The summed E-state index contributed by atoms with van der Waals surface area (Å²) in [6, 6.07) is 8.93. The first-order valence-corrected chi connectivity index (χ1v) is 7.34. The van der Waals surface area contributed by atoms with Gasteiger partial charge in [-0.05, 0) is 43.8 Å². The standard InChI is InChI=1S/C15H18ClNS/c1-10-5-4-6-12(7-10)8-13(17-3)15-14(16)11(2)9-18-15/h4-7,9,13,17H,8H2,1-3H3. The van der Waals surface area contributed by atoms with E-state index < -0.39 is 0 Å². The Morgan fingerprint density at radius 3 is 2.67 bits per heavy atom. The average molecular weight is 280 g/mol. The maximum Gasteiger partial charge on any atom is 0.0590 e. The Bertz CT molecular complexity index is 533. The second-order valence-electron chi connectivity index (χ2n) is 4.63. The highest BCUT2D eigenvalue weighted by atomic mass is 35.5. The van der Waals surface area contributed by atoms with Gasteiger partial charge in [-0.1, -0.05) is 41.4 Å². The first-order chi connectivity index (χ1) is 8.61. The van der Waals surface area contributed by atoms with Gasteiger partial charge in [0.25, 0.3) is 0 Å². The summed E-state index contributed by atoms with van der Waals surface area (Å²) in [4.78, 5) is 1.23. The predicted octanol–water partition coefficient (Wildman–Crippen LogP) is 4.52. The number of thiophene rings is 1. The molecule has 1 unspecified atom stereocenters. The summed E-state index contributed by atoms with van der Waals surface area (Å²) in [6.45, 7) is 4.18. The highest BCUT2D eigenvalue weighted by Gasteiger charge is 2.16. The zero-order chi connectivity index (χ0) is 13.1. The molecule has 2 rings (SSSR count). The van der Waals surface area contributed by atoms with Gasteiger partial charge in [0.1, 0.15) is 0 Å². The van der Waals surface area contributed by atoms with Gasteiger partial charge in [0.05, 0.1) is 5.02 Å². The van der Waals surface area contributed by atoms with Gasteiger partial charge in [-0.2, -0.15) is 0 Å². The van der Waals surface area contributed by atoms with E-state index in [1.54, 1.807) is 11.3 Å². The number of benzene rings is 1. The third kappa shape index (κ3) is 2.94. The van der Waals surface area contributed by atoms with Crippen molar-refractivity contribution >= 4 is 22.9 Å². The van der Waals surface area contributed by atoms with Crippen LogP contribution in [0.4, 0.5) is 0 Å². The molecule has 0 fully saturated rings. The van der Waals surface area contributed by atoms with Crippen molar-refractivity contribution in [2.24, 2.45) is 0 Å². The van der Waals surface area contributed by atoms with Gasteiger partial charge in [-0.15, -0.1) is 11.3 Å². The second kappa shape index (κ2) is 5.87. The number of rotatable bonds is 4. The van der Waals surface area contributed by atoms with Gasteiger partial charge in [-0.3, -0.25) is 0 Å². The minimum Gasteiger partial charge on any atom is -0.312 e. The van der Waals surface area contributed by atoms with Crippen molar-refractivity contribution in [2.75, 3.05) is 7.05 Å². The maximum absolute atomic E-state index is 6.35. The number of likely N-dealkylation sites (N-methyl/N-ethyl adjacent to an activating group) is 1. The van der Waals surface area contributed by atoms with Gasteiger partial charge in [-0.25, -0.2) is 0 Å². The molecule has 0 aliphatic carbocycles. The quantitative estimate of drug-likeness (QED) is 0.868. The lowest BCUT2D eigenvalue weighted by atomic mass is 10.0. The van der Waals surface area contributed by atoms with E-state index >= 15 is 0 Å². The van der Waals surface area contributed by atoms with Crippen LogP contribution in [0.3, 0.4) is 0 Å². The Morgan fingerprint density at radius 2 is 2.11 bits per heavy atom. The molecule has 1 aromatic heterocycles. The summed E-state index contributed by atoms with van der Waals surface area (Å²) in [5.74, 6) is 0. The van der Waals surface area contributed by atoms with E-state index in [0.717, 1.165) is 11.4 Å². The molecule has 0 radical (unpaired) electrons. The van der Waals surface area contributed by atoms with Crippen molar-refractivity contribution in [1.29, 1.82) is 0 Å². The first kappa shape index (κ1) is 13.6. The van der Waals surface area contributed by atoms with Crippen molar-refractivity contribution < 1.29 is 0 Å². The normalized spacial score (nSPS) is 12.7. The summed E-state index contributed by atoms with van der Waals surface area (Å²) in [5, 5.41) is 6.40. The minimum atomic E-state index is 0.290. The smallest absolute Gasteiger partial charge is 0.0590 e. The first-order valence-electron chi connectivity index (χ1n) is 6.08. The molecule has 1 heterocycles. The molecular weight excluding hydrogens is 262 g/mol. The van der Waals surface area contributed by atoms with Crippen molar-refractivity contribution in [2.45, 2.75) is 26.3 Å². The van der Waals surface area contributed by atoms with Gasteiger partial charge < -0.3 is 5.32 Å². The molecule has 0 saturated heterocycles. The predicted molar refractivity (Wildman–Crippen MR) is 80.7 cm³/mol. The Balaban J connectivity index is 2.22. The summed E-state index contributed by atoms with van der Waals surface area (Å²) in [7, 11) is 1.99. The topological polar surface area (TPSA) is 12.0 Å². The van der Waals surface area contributed by atoms with Crippen LogP contribution < -0.4 is 5.32 Å². The van der Waals surface area contributed by atoms with Gasteiger partial charge in [0, 0.05) is 10.9 Å². The van der Waals surface area contributed by atoms with E-state index in [9.17, 15) is 0 Å². The van der Waals surface area contributed by atoms with E-state index in [2.05, 4.69) is 48.8 Å². The lowest BCUT2D eigenvalue weighted by Gasteiger charge is -2.16. The van der Waals surface area contributed by atoms with E-state index in [1.165, 1.54) is 21.6 Å². The van der Waals surface area contributed by atoms with Crippen LogP contribution in [0.25, 0.3) is 0 Å². The maximum atomic E-state index is 6.35. The zero-order valence-corrected chi connectivity index (χ0v) is 12.5. The molecule has 1 atom stereocenters. The Labute approximate surface area is 118 Å². The molecule has 0 saturated carbocycles. The average Bonchev–Trinajstić information content (AvgIpc) is 2.67. The van der Waals surface area contributed by atoms with E-state index in [0.29, 0.717) is 0 Å². The summed E-state index contributed by atoms with van der Waals surface area (Å²) >= 11 is 8.09. The molecule has 96 valence electrons. The highest BCUT2D eigenvalue weighted by molar-refractivity contribution is 7.10. The fraction of sp³-hybridized carbons (Fsp3) is 0.333. The van der Waals surface area contributed by atoms with E-state index in [4.69, 9.17) is 11.6 Å². The van der Waals surface area contributed by atoms with Crippen LogP contribution in [0.1, 0.15) is 27.6 Å². The van der Waals surface area contributed by atoms with Gasteiger partial charge in [0.15, 0.2) is 0 Å². The number of nitrogens with one attached hydrogen (secondary N) is 1. The van der Waals surface area contributed by atoms with Crippen LogP contribution in [0.15, 0.2) is 29.6 Å². The SMILES string of the molecule is CNC(Cc1cccc(C)c1)c1scc(C)c1Cl. The Morgan fingerprint density at radius 1 is 1.33 bits per heavy atom. The zero-order valence-electron chi connectivity index (χ0n) is 11.0. The van der Waals surface area contributed by atoms with Crippen molar-refractivity contribution in [3.63, 3.8) is 0 Å². The molecule has 0 aliphatic rings. The highest BCUT2D eigenvalue weighted by Crippen LogP contribution is 2.33. The van der Waals surface area contributed by atoms with Crippen LogP contribution in [0.2, 0.25) is 5.02 Å². The Kier molecular flexibility index (Phi) is 4.44. The Hall–Kier alpha value is -0.830. The van der Waals surface area contributed by atoms with Crippen LogP contribution in [0, 0.1) is 13.8 Å². The van der Waals surface area contributed by atoms with E-state index in [-0.39, 0.29) is 6.04 Å². The monoisotopic (exact) mass is 279 g/mol. The van der Waals surface area contributed by atoms with E-state index in [1.807, 2.05) is 7.05 Å². The third-order valence-corrected chi connectivity index (χ3v) is 4.94. The molecule has 0 bridgehead atoms. The van der Waals surface area contributed by atoms with Crippen LogP contribution in [-0.2, 0) is 6.42 Å². The number of aryl methyl sites for hydroxylation is 2. The van der Waals surface area contributed by atoms with Gasteiger partial charge >= 0.3 is 0 Å². The molecule has 3 heteroatoms. The number of halogens is 1. The van der Waals surface area contributed by atoms with Crippen molar-refractivity contribution in [3.05, 3.63) is 56.2 Å². The molecular formula is C15H18ClNS. The molecule has 0 aliphatic heterocycles. The molecule has 1 N–H and O–H groups in total. The molecule has 0 spiro atoms. The summed E-state index contributed by atoms with van der Waals surface area (Å²) < 4.78 is 0.